The summed E-state index contributed by atoms with van der Waals surface area (Å²) in [6, 6.07) is 21.2. The van der Waals surface area contributed by atoms with Crippen LogP contribution in [-0.4, -0.2) is 17.8 Å². The van der Waals surface area contributed by atoms with Crippen LogP contribution in [0, 0.1) is 0 Å². The van der Waals surface area contributed by atoms with Crippen LogP contribution in [-0.2, 0) is 16.1 Å². The molecule has 0 atom stereocenters. The summed E-state index contributed by atoms with van der Waals surface area (Å²) < 4.78 is 5.95. The Morgan fingerprint density at radius 2 is 1.75 bits per heavy atom. The predicted molar refractivity (Wildman–Crippen MR) is 127 cm³/mol. The van der Waals surface area contributed by atoms with Crippen LogP contribution in [0.2, 0.25) is 0 Å². The number of hydrogen-bond donors (Lipinski definition) is 2. The Labute approximate surface area is 194 Å². The topological polar surface area (TPSA) is 84.5 Å². The molecule has 0 saturated heterocycles. The highest BCUT2D eigenvalue weighted by molar-refractivity contribution is 9.10. The first-order valence-electron chi connectivity index (χ1n) is 9.79. The lowest BCUT2D eigenvalue weighted by Crippen LogP contribution is -2.23. The molecule has 7 heteroatoms. The van der Waals surface area contributed by atoms with Crippen molar-refractivity contribution in [1.29, 1.82) is 0 Å². The zero-order valence-electron chi connectivity index (χ0n) is 17.3. The van der Waals surface area contributed by atoms with Gasteiger partial charge in [0.1, 0.15) is 5.75 Å². The zero-order chi connectivity index (χ0) is 22.9. The molecular weight excluding hydrogens is 472 g/mol. The summed E-state index contributed by atoms with van der Waals surface area (Å²) >= 11 is 3.40. The monoisotopic (exact) mass is 492 g/mol. The molecule has 2 N–H and O–H groups in total. The SMILES string of the molecule is CC(=O)Oc1cccc(C(=O)NCc2cccc(NC(=O)/C=C/c3cccc(Br)c3)c2)c1. The van der Waals surface area contributed by atoms with Gasteiger partial charge in [-0.05, 0) is 59.7 Å². The number of carbonyl (C=O) groups excluding carboxylic acids is 3. The van der Waals surface area contributed by atoms with Gasteiger partial charge < -0.3 is 15.4 Å². The molecule has 0 saturated carbocycles. The Morgan fingerprint density at radius 1 is 0.969 bits per heavy atom. The molecule has 0 aliphatic carbocycles. The van der Waals surface area contributed by atoms with Crippen molar-refractivity contribution in [2.24, 2.45) is 0 Å². The van der Waals surface area contributed by atoms with E-state index in [-0.39, 0.29) is 18.4 Å². The van der Waals surface area contributed by atoms with Gasteiger partial charge in [0.2, 0.25) is 5.91 Å². The molecule has 0 aliphatic rings. The fourth-order valence-corrected chi connectivity index (χ4v) is 3.29. The maximum absolute atomic E-state index is 12.4. The molecule has 0 radical (unpaired) electrons. The van der Waals surface area contributed by atoms with E-state index in [9.17, 15) is 14.4 Å². The Kier molecular flexibility index (Phi) is 7.94. The van der Waals surface area contributed by atoms with Crippen molar-refractivity contribution in [3.05, 3.63) is 100 Å². The van der Waals surface area contributed by atoms with Crippen molar-refractivity contribution in [2.45, 2.75) is 13.5 Å². The molecular formula is C25H21BrN2O4. The van der Waals surface area contributed by atoms with Crippen LogP contribution in [0.25, 0.3) is 6.08 Å². The second-order valence-electron chi connectivity index (χ2n) is 6.88. The second-order valence-corrected chi connectivity index (χ2v) is 7.80. The van der Waals surface area contributed by atoms with Gasteiger partial charge in [-0.2, -0.15) is 0 Å². The molecule has 0 aliphatic heterocycles. The molecule has 6 nitrogen and oxygen atoms in total. The number of amides is 2. The van der Waals surface area contributed by atoms with Gasteiger partial charge >= 0.3 is 5.97 Å². The zero-order valence-corrected chi connectivity index (χ0v) is 18.9. The molecule has 3 aromatic carbocycles. The maximum atomic E-state index is 12.4. The van der Waals surface area contributed by atoms with Crippen molar-refractivity contribution in [2.75, 3.05) is 5.32 Å². The van der Waals surface area contributed by atoms with Crippen LogP contribution in [0.5, 0.6) is 5.75 Å². The van der Waals surface area contributed by atoms with Crippen LogP contribution < -0.4 is 15.4 Å². The van der Waals surface area contributed by atoms with E-state index < -0.39 is 5.97 Å². The summed E-state index contributed by atoms with van der Waals surface area (Å²) in [5.74, 6) is -0.697. The fraction of sp³-hybridized carbons (Fsp3) is 0.0800. The normalized spacial score (nSPS) is 10.6. The highest BCUT2D eigenvalue weighted by atomic mass is 79.9. The highest BCUT2D eigenvalue weighted by Crippen LogP contribution is 2.15. The first-order valence-corrected chi connectivity index (χ1v) is 10.6. The lowest BCUT2D eigenvalue weighted by Gasteiger charge is -2.09. The Morgan fingerprint density at radius 3 is 2.53 bits per heavy atom. The van der Waals surface area contributed by atoms with Crippen LogP contribution >= 0.6 is 15.9 Å². The molecule has 0 bridgehead atoms. The number of halogens is 1. The van der Waals surface area contributed by atoms with Gasteiger partial charge in [-0.25, -0.2) is 0 Å². The van der Waals surface area contributed by atoms with Gasteiger partial charge in [0.05, 0.1) is 0 Å². The largest absolute Gasteiger partial charge is 0.427 e. The minimum absolute atomic E-state index is 0.256. The van der Waals surface area contributed by atoms with E-state index in [0.29, 0.717) is 17.0 Å². The van der Waals surface area contributed by atoms with Gasteiger partial charge in [-0.15, -0.1) is 0 Å². The first-order chi connectivity index (χ1) is 15.4. The molecule has 0 spiro atoms. The Balaban J connectivity index is 1.57. The number of hydrogen-bond acceptors (Lipinski definition) is 4. The molecule has 0 heterocycles. The van der Waals surface area contributed by atoms with Crippen molar-refractivity contribution in [3.8, 4) is 5.75 Å². The van der Waals surface area contributed by atoms with Gasteiger partial charge in [0.15, 0.2) is 0 Å². The van der Waals surface area contributed by atoms with Crippen molar-refractivity contribution in [1.82, 2.24) is 5.32 Å². The van der Waals surface area contributed by atoms with Crippen LogP contribution in [0.15, 0.2) is 83.3 Å². The minimum atomic E-state index is -0.451. The van der Waals surface area contributed by atoms with Crippen LogP contribution in [0.4, 0.5) is 5.69 Å². The molecule has 3 rings (SSSR count). The van der Waals surface area contributed by atoms with Crippen molar-refractivity contribution < 1.29 is 19.1 Å². The number of rotatable bonds is 7. The molecule has 32 heavy (non-hydrogen) atoms. The average Bonchev–Trinajstić information content (AvgIpc) is 2.76. The van der Waals surface area contributed by atoms with Gasteiger partial charge in [0, 0.05) is 35.3 Å². The summed E-state index contributed by atoms with van der Waals surface area (Å²) in [5.41, 5.74) is 2.73. The molecule has 3 aromatic rings. The quantitative estimate of drug-likeness (QED) is 0.277. The maximum Gasteiger partial charge on any atom is 0.308 e. The number of benzene rings is 3. The van der Waals surface area contributed by atoms with Crippen molar-refractivity contribution in [3.63, 3.8) is 0 Å². The third-order valence-corrected chi connectivity index (χ3v) is 4.77. The van der Waals surface area contributed by atoms with E-state index in [1.54, 1.807) is 42.5 Å². The first kappa shape index (κ1) is 23.0. The summed E-state index contributed by atoms with van der Waals surface area (Å²) in [7, 11) is 0. The molecule has 0 aromatic heterocycles. The standard InChI is InChI=1S/C25H21BrN2O4/c1-17(29)32-23-10-4-7-20(15-23)25(31)27-16-19-6-3-9-22(14-19)28-24(30)12-11-18-5-2-8-21(26)13-18/h2-15H,16H2,1H3,(H,27,31)(H,28,30)/b12-11+. The Bertz CT molecular complexity index is 1170. The second kappa shape index (κ2) is 11.1. The number of anilines is 1. The van der Waals surface area contributed by atoms with E-state index in [4.69, 9.17) is 4.74 Å². The lowest BCUT2D eigenvalue weighted by molar-refractivity contribution is -0.131. The molecule has 2 amide bonds. The molecule has 162 valence electrons. The van der Waals surface area contributed by atoms with Crippen molar-refractivity contribution >= 4 is 45.5 Å². The minimum Gasteiger partial charge on any atom is -0.427 e. The third kappa shape index (κ3) is 7.21. The van der Waals surface area contributed by atoms with E-state index in [2.05, 4.69) is 26.6 Å². The lowest BCUT2D eigenvalue weighted by atomic mass is 10.1. The highest BCUT2D eigenvalue weighted by Gasteiger charge is 2.08. The van der Waals surface area contributed by atoms with Crippen LogP contribution in [0.1, 0.15) is 28.4 Å². The van der Waals surface area contributed by atoms with E-state index in [0.717, 1.165) is 15.6 Å². The summed E-state index contributed by atoms with van der Waals surface area (Å²) in [5, 5.41) is 5.63. The van der Waals surface area contributed by atoms with E-state index in [1.165, 1.54) is 19.1 Å². The Hall–Kier alpha value is -3.71. The fourth-order valence-electron chi connectivity index (χ4n) is 2.88. The molecule has 0 unspecified atom stereocenters. The average molecular weight is 493 g/mol. The van der Waals surface area contributed by atoms with Gasteiger partial charge in [-0.3, -0.25) is 14.4 Å². The van der Waals surface area contributed by atoms with Gasteiger partial charge in [-0.1, -0.05) is 46.3 Å². The van der Waals surface area contributed by atoms with E-state index >= 15 is 0 Å². The number of nitrogens with one attached hydrogen (secondary N) is 2. The van der Waals surface area contributed by atoms with E-state index in [1.807, 2.05) is 30.3 Å². The number of carbonyl (C=O) groups is 3. The third-order valence-electron chi connectivity index (χ3n) is 4.28. The summed E-state index contributed by atoms with van der Waals surface area (Å²) in [6.07, 6.45) is 3.19. The van der Waals surface area contributed by atoms with Crippen LogP contribution in [0.3, 0.4) is 0 Å². The predicted octanol–water partition coefficient (Wildman–Crippen LogP) is 4.96. The number of ether oxygens (including phenoxy) is 1. The van der Waals surface area contributed by atoms with Gasteiger partial charge in [0.25, 0.3) is 5.91 Å². The summed E-state index contributed by atoms with van der Waals surface area (Å²) in [4.78, 5) is 35.7. The number of esters is 1. The molecule has 0 fully saturated rings. The smallest absolute Gasteiger partial charge is 0.308 e. The summed E-state index contributed by atoms with van der Waals surface area (Å²) in [6.45, 7) is 1.57.